The van der Waals surface area contributed by atoms with Crippen molar-refractivity contribution in [2.24, 2.45) is 17.8 Å². The molecule has 0 saturated heterocycles. The lowest BCUT2D eigenvalue weighted by molar-refractivity contribution is -0.137. The van der Waals surface area contributed by atoms with Crippen LogP contribution in [0.4, 0.5) is 13.2 Å². The summed E-state index contributed by atoms with van der Waals surface area (Å²) >= 11 is 0. The Morgan fingerprint density at radius 3 is 1.97 bits per heavy atom. The molecule has 0 amide bonds. The largest absolute Gasteiger partial charge is 0.416 e. The van der Waals surface area contributed by atoms with Gasteiger partial charge in [-0.25, -0.2) is 0 Å². The molecule has 0 N–H and O–H groups in total. The molecular formula is C30H39F3. The van der Waals surface area contributed by atoms with E-state index in [0.29, 0.717) is 5.92 Å². The van der Waals surface area contributed by atoms with Crippen LogP contribution in [0.2, 0.25) is 0 Å². The van der Waals surface area contributed by atoms with E-state index in [2.05, 4.69) is 31.2 Å². The highest BCUT2D eigenvalue weighted by Gasteiger charge is 2.35. The number of rotatable bonds is 8. The third-order valence-electron chi connectivity index (χ3n) is 8.37. The van der Waals surface area contributed by atoms with Gasteiger partial charge in [-0.15, -0.1) is 0 Å². The van der Waals surface area contributed by atoms with Crippen molar-refractivity contribution >= 4 is 0 Å². The van der Waals surface area contributed by atoms with Gasteiger partial charge in [-0.2, -0.15) is 13.2 Å². The second kappa shape index (κ2) is 11.1. The Kier molecular flexibility index (Phi) is 8.20. The summed E-state index contributed by atoms with van der Waals surface area (Å²) in [6, 6.07) is 14.1. The first-order chi connectivity index (χ1) is 15.9. The molecule has 0 spiro atoms. The topological polar surface area (TPSA) is 0 Å². The summed E-state index contributed by atoms with van der Waals surface area (Å²) < 4.78 is 38.4. The standard InChI is InChI=1S/C30H39F3/c1-2-3-4-5-6-7-22-8-9-28-21-27(15-14-26(28)20-22)25-12-10-23(11-13-25)24-16-18-29(19-17-24)30(31,32)33/h10-13,16-19,22,26-28H,2-9,14-15,20-21H2,1H3/t22?,26-,27-,28-/m1/s1. The van der Waals surface area contributed by atoms with Gasteiger partial charge < -0.3 is 0 Å². The molecule has 2 fully saturated rings. The molecule has 3 heteroatoms. The molecule has 4 atom stereocenters. The highest BCUT2D eigenvalue weighted by atomic mass is 19.4. The first kappa shape index (κ1) is 24.4. The number of hydrogen-bond donors (Lipinski definition) is 0. The Morgan fingerprint density at radius 2 is 1.30 bits per heavy atom. The summed E-state index contributed by atoms with van der Waals surface area (Å²) in [5, 5.41) is 0. The number of halogens is 3. The van der Waals surface area contributed by atoms with E-state index in [1.165, 1.54) is 94.7 Å². The average molecular weight is 457 g/mol. The maximum Gasteiger partial charge on any atom is 0.416 e. The van der Waals surface area contributed by atoms with Crippen LogP contribution in [0.1, 0.15) is 101 Å². The molecule has 180 valence electrons. The molecule has 0 aliphatic heterocycles. The number of hydrogen-bond acceptors (Lipinski definition) is 0. The highest BCUT2D eigenvalue weighted by molar-refractivity contribution is 5.64. The minimum Gasteiger partial charge on any atom is -0.166 e. The van der Waals surface area contributed by atoms with Crippen molar-refractivity contribution in [2.75, 3.05) is 0 Å². The molecule has 0 heterocycles. The van der Waals surface area contributed by atoms with Gasteiger partial charge in [-0.3, -0.25) is 0 Å². The normalized spacial score (nSPS) is 25.6. The molecule has 0 radical (unpaired) electrons. The van der Waals surface area contributed by atoms with Crippen LogP contribution in [0.5, 0.6) is 0 Å². The van der Waals surface area contributed by atoms with Gasteiger partial charge >= 0.3 is 6.18 Å². The van der Waals surface area contributed by atoms with Gasteiger partial charge in [0, 0.05) is 0 Å². The van der Waals surface area contributed by atoms with Gasteiger partial charge in [0.15, 0.2) is 0 Å². The first-order valence-corrected chi connectivity index (χ1v) is 13.2. The molecule has 2 aliphatic rings. The minimum atomic E-state index is -4.28. The SMILES string of the molecule is CCCCCCCC1CC[C@@H]2C[C@H](c3ccc(-c4ccc(C(F)(F)F)cc4)cc3)CC[C@@H]2C1. The average Bonchev–Trinajstić information content (AvgIpc) is 2.83. The summed E-state index contributed by atoms with van der Waals surface area (Å²) in [4.78, 5) is 0. The van der Waals surface area contributed by atoms with Crippen molar-refractivity contribution in [3.63, 3.8) is 0 Å². The van der Waals surface area contributed by atoms with Crippen LogP contribution in [0.15, 0.2) is 48.5 Å². The Morgan fingerprint density at radius 1 is 0.697 bits per heavy atom. The third kappa shape index (κ3) is 6.43. The number of benzene rings is 2. The van der Waals surface area contributed by atoms with E-state index >= 15 is 0 Å². The maximum atomic E-state index is 12.8. The highest BCUT2D eigenvalue weighted by Crippen LogP contribution is 2.48. The van der Waals surface area contributed by atoms with Crippen LogP contribution in [0, 0.1) is 17.8 Å². The van der Waals surface area contributed by atoms with Crippen LogP contribution in [0.3, 0.4) is 0 Å². The van der Waals surface area contributed by atoms with E-state index in [0.717, 1.165) is 28.9 Å². The molecule has 4 rings (SSSR count). The maximum absolute atomic E-state index is 12.8. The molecule has 0 nitrogen and oxygen atoms in total. The predicted octanol–water partition coefficient (Wildman–Crippen LogP) is 10.0. The van der Waals surface area contributed by atoms with Crippen LogP contribution >= 0.6 is 0 Å². The van der Waals surface area contributed by atoms with Crippen LogP contribution in [-0.4, -0.2) is 0 Å². The zero-order valence-electron chi connectivity index (χ0n) is 20.0. The quantitative estimate of drug-likeness (QED) is 0.347. The van der Waals surface area contributed by atoms with Crippen molar-refractivity contribution in [2.45, 2.75) is 96.1 Å². The molecule has 1 unspecified atom stereocenters. The summed E-state index contributed by atoms with van der Waals surface area (Å²) in [6.45, 7) is 2.28. The molecular weight excluding hydrogens is 417 g/mol. The summed E-state index contributed by atoms with van der Waals surface area (Å²) in [5.74, 6) is 3.42. The number of alkyl halides is 3. The van der Waals surface area contributed by atoms with E-state index in [1.807, 2.05) is 0 Å². The van der Waals surface area contributed by atoms with Gasteiger partial charge in [0.2, 0.25) is 0 Å². The number of fused-ring (bicyclic) bond motifs is 1. The van der Waals surface area contributed by atoms with E-state index in [9.17, 15) is 13.2 Å². The molecule has 33 heavy (non-hydrogen) atoms. The molecule has 0 aromatic heterocycles. The lowest BCUT2D eigenvalue weighted by Gasteiger charge is -2.42. The van der Waals surface area contributed by atoms with Crippen LogP contribution < -0.4 is 0 Å². The Bertz CT molecular complexity index is 850. The summed E-state index contributed by atoms with van der Waals surface area (Å²) in [6.07, 6.45) is 12.4. The fourth-order valence-electron chi connectivity index (χ4n) is 6.39. The Balaban J connectivity index is 1.28. The Hall–Kier alpha value is -1.77. The van der Waals surface area contributed by atoms with E-state index in [4.69, 9.17) is 0 Å². The predicted molar refractivity (Wildman–Crippen MR) is 131 cm³/mol. The fourth-order valence-corrected chi connectivity index (χ4v) is 6.39. The van der Waals surface area contributed by atoms with Gasteiger partial charge in [0.05, 0.1) is 5.56 Å². The van der Waals surface area contributed by atoms with E-state index in [1.54, 1.807) is 12.1 Å². The molecule has 2 aliphatic carbocycles. The van der Waals surface area contributed by atoms with Gasteiger partial charge in [-0.05, 0) is 84.6 Å². The monoisotopic (exact) mass is 456 g/mol. The van der Waals surface area contributed by atoms with Crippen molar-refractivity contribution < 1.29 is 13.2 Å². The zero-order valence-corrected chi connectivity index (χ0v) is 20.0. The van der Waals surface area contributed by atoms with Crippen molar-refractivity contribution in [1.29, 1.82) is 0 Å². The summed E-state index contributed by atoms with van der Waals surface area (Å²) in [5.41, 5.74) is 2.64. The zero-order chi connectivity index (χ0) is 23.3. The number of unbranched alkanes of at least 4 members (excludes halogenated alkanes) is 4. The second-order valence-electron chi connectivity index (χ2n) is 10.6. The van der Waals surface area contributed by atoms with Gasteiger partial charge in [-0.1, -0.05) is 88.3 Å². The van der Waals surface area contributed by atoms with Crippen molar-refractivity contribution in [1.82, 2.24) is 0 Å². The van der Waals surface area contributed by atoms with Crippen molar-refractivity contribution in [3.05, 3.63) is 59.7 Å². The fraction of sp³-hybridized carbons (Fsp3) is 0.600. The molecule has 0 bridgehead atoms. The van der Waals surface area contributed by atoms with Crippen LogP contribution in [-0.2, 0) is 6.18 Å². The lowest BCUT2D eigenvalue weighted by Crippen LogP contribution is -2.30. The van der Waals surface area contributed by atoms with Crippen molar-refractivity contribution in [3.8, 4) is 11.1 Å². The van der Waals surface area contributed by atoms with Crippen LogP contribution in [0.25, 0.3) is 11.1 Å². The Labute approximate surface area is 198 Å². The smallest absolute Gasteiger partial charge is 0.166 e. The van der Waals surface area contributed by atoms with Gasteiger partial charge in [0.1, 0.15) is 0 Å². The van der Waals surface area contributed by atoms with Gasteiger partial charge in [0.25, 0.3) is 0 Å². The van der Waals surface area contributed by atoms with E-state index < -0.39 is 11.7 Å². The lowest BCUT2D eigenvalue weighted by atomic mass is 9.63. The van der Waals surface area contributed by atoms with E-state index in [-0.39, 0.29) is 0 Å². The molecule has 2 aromatic carbocycles. The third-order valence-corrected chi connectivity index (χ3v) is 8.37. The minimum absolute atomic E-state index is 0.592. The summed E-state index contributed by atoms with van der Waals surface area (Å²) in [7, 11) is 0. The first-order valence-electron chi connectivity index (χ1n) is 13.2. The molecule has 2 saturated carbocycles. The second-order valence-corrected chi connectivity index (χ2v) is 10.6. The molecule has 2 aromatic rings.